The molecule has 2 rings (SSSR count). The van der Waals surface area contributed by atoms with Crippen molar-refractivity contribution in [2.24, 2.45) is 0 Å². The Morgan fingerprint density at radius 2 is 2.09 bits per heavy atom. The highest BCUT2D eigenvalue weighted by Crippen LogP contribution is 2.07. The van der Waals surface area contributed by atoms with Crippen LogP contribution in [0.15, 0.2) is 24.3 Å². The zero-order valence-corrected chi connectivity index (χ0v) is 13.4. The van der Waals surface area contributed by atoms with E-state index in [1.807, 2.05) is 30.1 Å². The number of rotatable bonds is 6. The van der Waals surface area contributed by atoms with Gasteiger partial charge in [-0.25, -0.2) is 0 Å². The van der Waals surface area contributed by atoms with Crippen molar-refractivity contribution in [1.29, 1.82) is 5.26 Å². The van der Waals surface area contributed by atoms with Gasteiger partial charge in [-0.05, 0) is 37.6 Å². The molecule has 0 aliphatic carbocycles. The van der Waals surface area contributed by atoms with Gasteiger partial charge >= 0.3 is 0 Å². The number of benzene rings is 1. The van der Waals surface area contributed by atoms with Crippen molar-refractivity contribution in [3.63, 3.8) is 0 Å². The van der Waals surface area contributed by atoms with Crippen molar-refractivity contribution in [2.75, 3.05) is 33.2 Å². The maximum absolute atomic E-state index is 11.9. The summed E-state index contributed by atoms with van der Waals surface area (Å²) in [5.74, 6) is -0.184. The fraction of sp³-hybridized carbons (Fsp3) is 0.471. The van der Waals surface area contributed by atoms with Crippen LogP contribution in [0.25, 0.3) is 0 Å². The van der Waals surface area contributed by atoms with Crippen LogP contribution >= 0.6 is 0 Å². The van der Waals surface area contributed by atoms with E-state index in [-0.39, 0.29) is 24.9 Å². The number of nitrogens with one attached hydrogen (secondary N) is 1. The number of hydrogen-bond donors (Lipinski definition) is 1. The molecule has 1 saturated heterocycles. The lowest BCUT2D eigenvalue weighted by Crippen LogP contribution is -2.42. The average molecular weight is 314 g/mol. The minimum Gasteiger partial charge on any atom is -0.346 e. The molecule has 1 aliphatic rings. The Kier molecular flexibility index (Phi) is 6.12. The molecule has 6 nitrogen and oxygen atoms in total. The van der Waals surface area contributed by atoms with Gasteiger partial charge in [0.1, 0.15) is 0 Å². The number of likely N-dealkylation sites (N-methyl/N-ethyl adjacent to an activating group) is 1. The summed E-state index contributed by atoms with van der Waals surface area (Å²) in [5.41, 5.74) is 1.59. The molecule has 0 saturated carbocycles. The number of nitrogens with zero attached hydrogens (tertiary/aromatic N) is 3. The highest BCUT2D eigenvalue weighted by Gasteiger charge is 2.18. The second-order valence-corrected chi connectivity index (χ2v) is 5.85. The number of likely N-dealkylation sites (tertiary alicyclic amines) is 1. The van der Waals surface area contributed by atoms with Crippen molar-refractivity contribution in [1.82, 2.24) is 15.1 Å². The summed E-state index contributed by atoms with van der Waals surface area (Å²) >= 11 is 0. The Balaban J connectivity index is 1.73. The first-order valence-corrected chi connectivity index (χ1v) is 7.80. The van der Waals surface area contributed by atoms with Crippen molar-refractivity contribution >= 4 is 11.8 Å². The molecule has 0 spiro atoms. The highest BCUT2D eigenvalue weighted by atomic mass is 16.2. The predicted molar refractivity (Wildman–Crippen MR) is 86.3 cm³/mol. The maximum Gasteiger partial charge on any atom is 0.241 e. The second kappa shape index (κ2) is 8.30. The summed E-state index contributed by atoms with van der Waals surface area (Å²) in [5, 5.41) is 11.6. The summed E-state index contributed by atoms with van der Waals surface area (Å²) in [6.45, 7) is 2.44. The molecule has 1 aromatic rings. The Labute approximate surface area is 136 Å². The molecule has 23 heavy (non-hydrogen) atoms. The van der Waals surface area contributed by atoms with E-state index in [9.17, 15) is 9.59 Å². The van der Waals surface area contributed by atoms with Gasteiger partial charge in [-0.15, -0.1) is 0 Å². The van der Waals surface area contributed by atoms with E-state index in [4.69, 9.17) is 5.26 Å². The van der Waals surface area contributed by atoms with Gasteiger partial charge in [-0.1, -0.05) is 12.1 Å². The third-order valence-electron chi connectivity index (χ3n) is 3.82. The van der Waals surface area contributed by atoms with E-state index in [0.29, 0.717) is 12.1 Å². The summed E-state index contributed by atoms with van der Waals surface area (Å²) in [7, 11) is 1.83. The molecule has 0 atom stereocenters. The fourth-order valence-corrected chi connectivity index (χ4v) is 2.66. The van der Waals surface area contributed by atoms with E-state index in [2.05, 4.69) is 11.4 Å². The average Bonchev–Trinajstić information content (AvgIpc) is 3.07. The lowest BCUT2D eigenvalue weighted by Gasteiger charge is -2.18. The summed E-state index contributed by atoms with van der Waals surface area (Å²) in [4.78, 5) is 27.4. The molecular formula is C17H22N4O2. The monoisotopic (exact) mass is 314 g/mol. The number of carbonyl (C=O) groups excluding carboxylic acids is 2. The second-order valence-electron chi connectivity index (χ2n) is 5.85. The van der Waals surface area contributed by atoms with Gasteiger partial charge in [0.25, 0.3) is 0 Å². The van der Waals surface area contributed by atoms with Crippen LogP contribution in [0.4, 0.5) is 0 Å². The van der Waals surface area contributed by atoms with E-state index in [0.717, 1.165) is 31.5 Å². The van der Waals surface area contributed by atoms with Crippen LogP contribution in [0.2, 0.25) is 0 Å². The van der Waals surface area contributed by atoms with Crippen LogP contribution in [0.3, 0.4) is 0 Å². The third-order valence-corrected chi connectivity index (χ3v) is 3.82. The molecule has 0 unspecified atom stereocenters. The van der Waals surface area contributed by atoms with Crippen LogP contribution in [-0.4, -0.2) is 54.8 Å². The smallest absolute Gasteiger partial charge is 0.241 e. The third kappa shape index (κ3) is 5.38. The van der Waals surface area contributed by atoms with Crippen LogP contribution in [-0.2, 0) is 16.1 Å². The van der Waals surface area contributed by atoms with Crippen molar-refractivity contribution in [3.05, 3.63) is 35.4 Å². The van der Waals surface area contributed by atoms with E-state index in [1.165, 1.54) is 0 Å². The van der Waals surface area contributed by atoms with Gasteiger partial charge in [0.2, 0.25) is 11.8 Å². The Morgan fingerprint density at radius 1 is 1.35 bits per heavy atom. The van der Waals surface area contributed by atoms with Crippen LogP contribution in [0.5, 0.6) is 0 Å². The van der Waals surface area contributed by atoms with E-state index >= 15 is 0 Å². The lowest BCUT2D eigenvalue weighted by molar-refractivity contribution is -0.132. The molecular weight excluding hydrogens is 292 g/mol. The normalized spacial score (nSPS) is 13.9. The molecule has 122 valence electrons. The number of nitriles is 1. The molecule has 1 N–H and O–H groups in total. The van der Waals surface area contributed by atoms with Gasteiger partial charge < -0.3 is 10.2 Å². The minimum absolute atomic E-state index is 0.0137. The van der Waals surface area contributed by atoms with Crippen LogP contribution in [0, 0.1) is 11.3 Å². The molecule has 1 heterocycles. The fourth-order valence-electron chi connectivity index (χ4n) is 2.66. The molecule has 0 radical (unpaired) electrons. The summed E-state index contributed by atoms with van der Waals surface area (Å²) in [6, 6.07) is 9.41. The van der Waals surface area contributed by atoms with Gasteiger partial charge in [0.15, 0.2) is 0 Å². The Hall–Kier alpha value is -2.39. The van der Waals surface area contributed by atoms with Gasteiger partial charge in [0.05, 0.1) is 24.7 Å². The van der Waals surface area contributed by atoms with Crippen molar-refractivity contribution in [2.45, 2.75) is 19.4 Å². The van der Waals surface area contributed by atoms with Crippen molar-refractivity contribution < 1.29 is 9.59 Å². The van der Waals surface area contributed by atoms with E-state index in [1.54, 1.807) is 11.0 Å². The number of hydrogen-bond acceptors (Lipinski definition) is 4. The molecule has 1 aromatic carbocycles. The zero-order chi connectivity index (χ0) is 16.7. The molecule has 1 fully saturated rings. The molecule has 0 bridgehead atoms. The van der Waals surface area contributed by atoms with Gasteiger partial charge in [-0.2, -0.15) is 5.26 Å². The maximum atomic E-state index is 11.9. The molecule has 6 heteroatoms. The molecule has 1 aliphatic heterocycles. The quantitative estimate of drug-likeness (QED) is 0.840. The van der Waals surface area contributed by atoms with Gasteiger partial charge in [-0.3, -0.25) is 14.5 Å². The lowest BCUT2D eigenvalue weighted by atomic mass is 10.1. The highest BCUT2D eigenvalue weighted by molar-refractivity contribution is 5.85. The zero-order valence-electron chi connectivity index (χ0n) is 13.4. The minimum atomic E-state index is -0.170. The standard InChI is InChI=1S/C17H22N4O2/c1-20(12-15-6-4-5-14(9-15)10-18)13-16(22)19-11-17(23)21-7-2-3-8-21/h4-6,9H,2-3,7-8,11-13H2,1H3,(H,19,22). The first kappa shape index (κ1) is 17.0. The summed E-state index contributed by atoms with van der Waals surface area (Å²) in [6.07, 6.45) is 2.09. The largest absolute Gasteiger partial charge is 0.346 e. The summed E-state index contributed by atoms with van der Waals surface area (Å²) < 4.78 is 0. The molecule has 0 aromatic heterocycles. The Morgan fingerprint density at radius 3 is 2.78 bits per heavy atom. The van der Waals surface area contributed by atoms with E-state index < -0.39 is 0 Å². The number of carbonyl (C=O) groups is 2. The SMILES string of the molecule is CN(CC(=O)NCC(=O)N1CCCC1)Cc1cccc(C#N)c1. The van der Waals surface area contributed by atoms with Crippen molar-refractivity contribution in [3.8, 4) is 6.07 Å². The first-order chi connectivity index (χ1) is 11.1. The first-order valence-electron chi connectivity index (χ1n) is 7.80. The van der Waals surface area contributed by atoms with Gasteiger partial charge in [0, 0.05) is 19.6 Å². The van der Waals surface area contributed by atoms with Crippen LogP contribution < -0.4 is 5.32 Å². The Bertz CT molecular complexity index is 603. The van der Waals surface area contributed by atoms with Crippen LogP contribution in [0.1, 0.15) is 24.0 Å². The number of amides is 2. The molecule has 2 amide bonds. The predicted octanol–water partition coefficient (Wildman–Crippen LogP) is 0.729. The topological polar surface area (TPSA) is 76.4 Å².